The Kier molecular flexibility index (Phi) is 5.80. The van der Waals surface area contributed by atoms with Gasteiger partial charge < -0.3 is 19.9 Å². The van der Waals surface area contributed by atoms with Crippen LogP contribution in [-0.4, -0.2) is 40.6 Å². The lowest BCUT2D eigenvalue weighted by atomic mass is 10.0. The molecule has 1 aliphatic rings. The molecule has 1 amide bonds. The first-order valence-electron chi connectivity index (χ1n) is 10.1. The quantitative estimate of drug-likeness (QED) is 0.634. The first-order chi connectivity index (χ1) is 14.5. The number of ether oxygens (including phenoxy) is 1. The molecule has 1 saturated heterocycles. The average molecular weight is 411 g/mol. The van der Waals surface area contributed by atoms with Crippen LogP contribution in [0.15, 0.2) is 27.4 Å². The lowest BCUT2D eigenvalue weighted by Crippen LogP contribution is -2.38. The van der Waals surface area contributed by atoms with Crippen LogP contribution in [0, 0.1) is 20.8 Å². The number of carbonyl (C=O) groups is 1. The Morgan fingerprint density at radius 1 is 1.20 bits per heavy atom. The molecule has 30 heavy (non-hydrogen) atoms. The number of piperidine rings is 1. The summed E-state index contributed by atoms with van der Waals surface area (Å²) in [4.78, 5) is 12.5. The van der Waals surface area contributed by atoms with Crippen LogP contribution in [-0.2, 0) is 0 Å². The lowest BCUT2D eigenvalue weighted by Gasteiger charge is -2.24. The lowest BCUT2D eigenvalue weighted by molar-refractivity contribution is 0.101. The first-order valence-corrected chi connectivity index (χ1v) is 10.1. The van der Waals surface area contributed by atoms with Crippen LogP contribution in [0.4, 0.5) is 5.69 Å². The average Bonchev–Trinajstić information content (AvgIpc) is 3.32. The van der Waals surface area contributed by atoms with Crippen molar-refractivity contribution in [2.24, 2.45) is 0 Å². The Labute approximate surface area is 174 Å². The Bertz CT molecular complexity index is 1020. The zero-order valence-electron chi connectivity index (χ0n) is 17.3. The SMILES string of the molecule is Cc1nonc1C(=O)Nc1ccc(OC[C@H]2CCCCN2)c(-c2c(C)noc2C)c1. The van der Waals surface area contributed by atoms with Gasteiger partial charge in [0, 0.05) is 17.3 Å². The van der Waals surface area contributed by atoms with Crippen molar-refractivity contribution in [1.82, 2.24) is 20.8 Å². The number of aromatic nitrogens is 3. The Hall–Kier alpha value is -3.20. The standard InChI is InChI=1S/C21H25N5O4/c1-12-19(14(3)29-24-12)17-10-15(23-21(27)20-13(2)25-30-26-20)7-8-18(17)28-11-16-6-4-5-9-22-16/h7-8,10,16,22H,4-6,9,11H2,1-3H3,(H,23,27)/t16-/m1/s1. The molecule has 3 aromatic rings. The molecule has 0 aliphatic carbocycles. The molecule has 0 spiro atoms. The van der Waals surface area contributed by atoms with E-state index in [1.165, 1.54) is 12.8 Å². The van der Waals surface area contributed by atoms with E-state index in [0.29, 0.717) is 35.5 Å². The molecule has 0 radical (unpaired) electrons. The third-order valence-corrected chi connectivity index (χ3v) is 5.26. The molecule has 9 heteroatoms. The van der Waals surface area contributed by atoms with E-state index in [-0.39, 0.29) is 5.69 Å². The fourth-order valence-corrected chi connectivity index (χ4v) is 3.68. The molecule has 2 N–H and O–H groups in total. The van der Waals surface area contributed by atoms with E-state index in [4.69, 9.17) is 9.26 Å². The van der Waals surface area contributed by atoms with Gasteiger partial charge in [0.25, 0.3) is 5.91 Å². The second-order valence-electron chi connectivity index (χ2n) is 7.52. The molecular formula is C21H25N5O4. The van der Waals surface area contributed by atoms with Crippen molar-refractivity contribution in [3.05, 3.63) is 41.0 Å². The minimum atomic E-state index is -0.390. The number of hydrogen-bond donors (Lipinski definition) is 2. The molecule has 2 aromatic heterocycles. The second-order valence-corrected chi connectivity index (χ2v) is 7.52. The highest BCUT2D eigenvalue weighted by atomic mass is 16.6. The van der Waals surface area contributed by atoms with Gasteiger partial charge >= 0.3 is 0 Å². The predicted octanol–water partition coefficient (Wildman–Crippen LogP) is 3.42. The number of carbonyl (C=O) groups excluding carboxylic acids is 1. The van der Waals surface area contributed by atoms with Crippen molar-refractivity contribution in [3.8, 4) is 16.9 Å². The smallest absolute Gasteiger partial charge is 0.279 e. The van der Waals surface area contributed by atoms with Crippen LogP contribution in [0.2, 0.25) is 0 Å². The third kappa shape index (κ3) is 4.20. The number of amides is 1. The summed E-state index contributed by atoms with van der Waals surface area (Å²) in [6.07, 6.45) is 3.51. The van der Waals surface area contributed by atoms with Crippen LogP contribution in [0.3, 0.4) is 0 Å². The molecular weight excluding hydrogens is 386 g/mol. The van der Waals surface area contributed by atoms with Crippen LogP contribution < -0.4 is 15.4 Å². The number of nitrogens with zero attached hydrogens (tertiary/aromatic N) is 3. The zero-order chi connectivity index (χ0) is 21.1. The van der Waals surface area contributed by atoms with Gasteiger partial charge in [0.05, 0.1) is 11.3 Å². The molecule has 1 atom stereocenters. The van der Waals surface area contributed by atoms with Gasteiger partial charge in [-0.1, -0.05) is 16.7 Å². The number of benzene rings is 1. The summed E-state index contributed by atoms with van der Waals surface area (Å²) in [6, 6.07) is 5.84. The Morgan fingerprint density at radius 2 is 2.07 bits per heavy atom. The fraction of sp³-hybridized carbons (Fsp3) is 0.429. The minimum Gasteiger partial charge on any atom is -0.491 e. The number of hydrogen-bond acceptors (Lipinski definition) is 8. The summed E-state index contributed by atoms with van der Waals surface area (Å²) < 4.78 is 16.2. The van der Waals surface area contributed by atoms with Gasteiger partial charge in [-0.05, 0) is 63.5 Å². The van der Waals surface area contributed by atoms with Gasteiger partial charge in [-0.15, -0.1) is 0 Å². The molecule has 0 unspecified atom stereocenters. The van der Waals surface area contributed by atoms with Crippen LogP contribution in [0.25, 0.3) is 11.1 Å². The predicted molar refractivity (Wildman–Crippen MR) is 110 cm³/mol. The summed E-state index contributed by atoms with van der Waals surface area (Å²) in [6.45, 7) is 7.00. The summed E-state index contributed by atoms with van der Waals surface area (Å²) in [7, 11) is 0. The van der Waals surface area contributed by atoms with E-state index in [2.05, 4.69) is 30.7 Å². The first kappa shape index (κ1) is 20.1. The molecule has 4 rings (SSSR count). The van der Waals surface area contributed by atoms with Gasteiger partial charge in [-0.25, -0.2) is 4.63 Å². The summed E-state index contributed by atoms with van der Waals surface area (Å²) >= 11 is 0. The molecule has 1 aromatic carbocycles. The highest BCUT2D eigenvalue weighted by Crippen LogP contribution is 2.37. The summed E-state index contributed by atoms with van der Waals surface area (Å²) in [5.41, 5.74) is 3.61. The van der Waals surface area contributed by atoms with Crippen LogP contribution in [0.1, 0.15) is 46.9 Å². The number of nitrogens with one attached hydrogen (secondary N) is 2. The normalized spacial score (nSPS) is 16.4. The van der Waals surface area contributed by atoms with E-state index in [1.807, 2.05) is 26.0 Å². The Morgan fingerprint density at radius 3 is 2.73 bits per heavy atom. The maximum absolute atomic E-state index is 12.5. The van der Waals surface area contributed by atoms with Gasteiger partial charge in [0.2, 0.25) is 0 Å². The van der Waals surface area contributed by atoms with Crippen molar-refractivity contribution in [2.45, 2.75) is 46.1 Å². The summed E-state index contributed by atoms with van der Waals surface area (Å²) in [5, 5.41) is 17.7. The van der Waals surface area contributed by atoms with Gasteiger partial charge in [0.15, 0.2) is 5.69 Å². The second kappa shape index (κ2) is 8.66. The molecule has 3 heterocycles. The van der Waals surface area contributed by atoms with Crippen molar-refractivity contribution < 1.29 is 18.7 Å². The van der Waals surface area contributed by atoms with E-state index >= 15 is 0 Å². The highest BCUT2D eigenvalue weighted by Gasteiger charge is 2.21. The molecule has 0 bridgehead atoms. The molecule has 1 fully saturated rings. The Balaban J connectivity index is 1.61. The molecule has 0 saturated carbocycles. The van der Waals surface area contributed by atoms with Crippen molar-refractivity contribution >= 4 is 11.6 Å². The van der Waals surface area contributed by atoms with E-state index < -0.39 is 5.91 Å². The van der Waals surface area contributed by atoms with Crippen LogP contribution >= 0.6 is 0 Å². The maximum atomic E-state index is 12.5. The van der Waals surface area contributed by atoms with Crippen molar-refractivity contribution in [1.29, 1.82) is 0 Å². The monoisotopic (exact) mass is 411 g/mol. The van der Waals surface area contributed by atoms with E-state index in [1.54, 1.807) is 13.0 Å². The fourth-order valence-electron chi connectivity index (χ4n) is 3.68. The van der Waals surface area contributed by atoms with Crippen LogP contribution in [0.5, 0.6) is 5.75 Å². The van der Waals surface area contributed by atoms with E-state index in [9.17, 15) is 4.79 Å². The topological polar surface area (TPSA) is 115 Å². The van der Waals surface area contributed by atoms with Gasteiger partial charge in [-0.2, -0.15) is 0 Å². The third-order valence-electron chi connectivity index (χ3n) is 5.26. The maximum Gasteiger partial charge on any atom is 0.279 e. The van der Waals surface area contributed by atoms with Crippen molar-refractivity contribution in [2.75, 3.05) is 18.5 Å². The van der Waals surface area contributed by atoms with Gasteiger partial charge in [-0.3, -0.25) is 4.79 Å². The van der Waals surface area contributed by atoms with E-state index in [0.717, 1.165) is 29.8 Å². The van der Waals surface area contributed by atoms with Crippen molar-refractivity contribution in [3.63, 3.8) is 0 Å². The zero-order valence-corrected chi connectivity index (χ0v) is 17.3. The minimum absolute atomic E-state index is 0.151. The molecule has 9 nitrogen and oxygen atoms in total. The summed E-state index contributed by atoms with van der Waals surface area (Å²) in [5.74, 6) is 1.01. The molecule has 1 aliphatic heterocycles. The largest absolute Gasteiger partial charge is 0.491 e. The van der Waals surface area contributed by atoms with Gasteiger partial charge in [0.1, 0.15) is 23.8 Å². The number of aryl methyl sites for hydroxylation is 3. The number of rotatable bonds is 6. The highest BCUT2D eigenvalue weighted by molar-refractivity contribution is 6.03. The molecule has 158 valence electrons. The number of anilines is 1.